The van der Waals surface area contributed by atoms with Crippen molar-refractivity contribution in [3.05, 3.63) is 97.9 Å². The molecule has 4 nitrogen and oxygen atoms in total. The Morgan fingerprint density at radius 1 is 1.06 bits per heavy atom. The molecule has 0 bridgehead atoms. The predicted octanol–water partition coefficient (Wildman–Crippen LogP) is 6.18. The van der Waals surface area contributed by atoms with Crippen LogP contribution in [0, 0.1) is 17.2 Å². The van der Waals surface area contributed by atoms with Crippen molar-refractivity contribution in [1.29, 1.82) is 5.26 Å². The molecule has 154 valence electrons. The maximum absolute atomic E-state index is 13.6. The molecular weight excluding hydrogens is 469 g/mol. The zero-order valence-corrected chi connectivity index (χ0v) is 19.1. The molecule has 1 aliphatic heterocycles. The number of carbonyl (C=O) groups is 1. The van der Waals surface area contributed by atoms with Crippen LogP contribution in [0.3, 0.4) is 0 Å². The number of anilines is 1. The van der Waals surface area contributed by atoms with Gasteiger partial charge in [-0.2, -0.15) is 5.26 Å². The Bertz CT molecular complexity index is 1210. The predicted molar refractivity (Wildman–Crippen MR) is 130 cm³/mol. The summed E-state index contributed by atoms with van der Waals surface area (Å²) in [5, 5.41) is 13.0. The van der Waals surface area contributed by atoms with Gasteiger partial charge in [0.05, 0.1) is 22.4 Å². The van der Waals surface area contributed by atoms with Crippen LogP contribution in [0.1, 0.15) is 21.2 Å². The molecule has 2 N–H and O–H groups in total. The number of allylic oxidation sites excluding steroid dienone is 1. The molecule has 0 aliphatic carbocycles. The number of ketones is 1. The fourth-order valence-electron chi connectivity index (χ4n) is 3.69. The van der Waals surface area contributed by atoms with E-state index < -0.39 is 11.8 Å². The number of rotatable bonds is 4. The van der Waals surface area contributed by atoms with Crippen LogP contribution in [0.2, 0.25) is 10.0 Å². The fourth-order valence-corrected chi connectivity index (χ4v) is 5.10. The minimum Gasteiger partial charge on any atom is -0.384 e. The topological polar surface area (TPSA) is 70.1 Å². The zero-order valence-electron chi connectivity index (χ0n) is 16.0. The summed E-state index contributed by atoms with van der Waals surface area (Å²) in [4.78, 5) is 16.1. The van der Waals surface area contributed by atoms with Crippen LogP contribution in [-0.2, 0) is 0 Å². The van der Waals surface area contributed by atoms with Gasteiger partial charge < -0.3 is 5.73 Å². The first-order chi connectivity index (χ1) is 14.9. The van der Waals surface area contributed by atoms with Gasteiger partial charge in [-0.15, -0.1) is 11.3 Å². The van der Waals surface area contributed by atoms with Gasteiger partial charge >= 0.3 is 0 Å². The molecule has 0 radical (unpaired) electrons. The summed E-state index contributed by atoms with van der Waals surface area (Å²) in [6, 6.07) is 19.8. The summed E-state index contributed by atoms with van der Waals surface area (Å²) in [5.74, 6) is -1.36. The monoisotopic (exact) mass is 483 g/mol. The number of nitrogens with zero attached hydrogens (tertiary/aromatic N) is 2. The second kappa shape index (κ2) is 8.81. The van der Waals surface area contributed by atoms with E-state index in [-0.39, 0.29) is 17.2 Å². The minimum atomic E-state index is -0.785. The number of nitrogens with two attached hydrogens (primary N) is 1. The average Bonchev–Trinajstić information content (AvgIpc) is 3.30. The number of hydrogen-bond donors (Lipinski definition) is 1. The van der Waals surface area contributed by atoms with E-state index in [0.717, 1.165) is 5.56 Å². The van der Waals surface area contributed by atoms with Crippen LogP contribution in [0.5, 0.6) is 0 Å². The van der Waals surface area contributed by atoms with E-state index >= 15 is 0 Å². The van der Waals surface area contributed by atoms with E-state index in [9.17, 15) is 10.1 Å². The Morgan fingerprint density at radius 2 is 1.68 bits per heavy atom. The standard InChI is InChI=1S/C23H15Cl2N3OS2/c24-14-5-3-13(4-6-14)19-17(12-26)22(27)28(16-9-7-15(25)8-10-16)23(30)20(19)21(29)18-2-1-11-31-18/h1-11,19-20H,27H2. The van der Waals surface area contributed by atoms with Crippen LogP contribution in [0.4, 0.5) is 5.69 Å². The van der Waals surface area contributed by atoms with Gasteiger partial charge in [0.15, 0.2) is 5.78 Å². The third-order valence-electron chi connectivity index (χ3n) is 5.13. The van der Waals surface area contributed by atoms with Gasteiger partial charge in [-0.3, -0.25) is 9.69 Å². The fraction of sp³-hybridized carbons (Fsp3) is 0.0870. The number of benzene rings is 2. The third-order valence-corrected chi connectivity index (χ3v) is 6.95. The van der Waals surface area contributed by atoms with E-state index in [0.29, 0.717) is 25.6 Å². The Labute approximate surface area is 199 Å². The molecule has 0 fully saturated rings. The number of carbonyl (C=O) groups excluding carboxylic acids is 1. The SMILES string of the molecule is N#CC1=C(N)N(c2ccc(Cl)cc2)C(=S)C(C(=O)c2cccs2)C1c1ccc(Cl)cc1. The molecule has 0 saturated carbocycles. The maximum Gasteiger partial charge on any atom is 0.183 e. The van der Waals surface area contributed by atoms with Crippen LogP contribution >= 0.6 is 46.8 Å². The molecule has 2 atom stereocenters. The highest BCUT2D eigenvalue weighted by atomic mass is 35.5. The Morgan fingerprint density at radius 3 is 2.23 bits per heavy atom. The quantitative estimate of drug-likeness (QED) is 0.354. The van der Waals surface area contributed by atoms with E-state index in [1.807, 2.05) is 11.4 Å². The molecule has 2 unspecified atom stereocenters. The summed E-state index contributed by atoms with van der Waals surface area (Å²) in [6.07, 6.45) is 0. The molecule has 31 heavy (non-hydrogen) atoms. The van der Waals surface area contributed by atoms with Crippen molar-refractivity contribution >= 4 is 63.2 Å². The van der Waals surface area contributed by atoms with Crippen molar-refractivity contribution in [1.82, 2.24) is 0 Å². The number of nitriles is 1. The number of Topliss-reactive ketones (excluding diaryl/α,β-unsaturated/α-hetero) is 1. The number of hydrogen-bond acceptors (Lipinski definition) is 5. The number of halogens is 2. The van der Waals surface area contributed by atoms with Crippen LogP contribution in [0.15, 0.2) is 77.4 Å². The van der Waals surface area contributed by atoms with E-state index in [1.54, 1.807) is 59.5 Å². The van der Waals surface area contributed by atoms with E-state index in [4.69, 9.17) is 41.2 Å². The van der Waals surface area contributed by atoms with Gasteiger partial charge in [-0.25, -0.2) is 0 Å². The van der Waals surface area contributed by atoms with E-state index in [1.165, 1.54) is 11.3 Å². The van der Waals surface area contributed by atoms with Gasteiger partial charge in [0.25, 0.3) is 0 Å². The molecule has 4 rings (SSSR count). The summed E-state index contributed by atoms with van der Waals surface area (Å²) in [7, 11) is 0. The summed E-state index contributed by atoms with van der Waals surface area (Å²) in [5.41, 5.74) is 8.12. The van der Waals surface area contributed by atoms with Crippen molar-refractivity contribution in [2.45, 2.75) is 5.92 Å². The lowest BCUT2D eigenvalue weighted by molar-refractivity contribution is 0.0949. The molecule has 1 aromatic heterocycles. The average molecular weight is 484 g/mol. The summed E-state index contributed by atoms with van der Waals surface area (Å²) < 4.78 is 0. The Balaban J connectivity index is 1.93. The number of thiophene rings is 1. The lowest BCUT2D eigenvalue weighted by Gasteiger charge is -2.39. The first-order valence-electron chi connectivity index (χ1n) is 9.25. The smallest absolute Gasteiger partial charge is 0.183 e. The highest BCUT2D eigenvalue weighted by Gasteiger charge is 2.44. The second-order valence-corrected chi connectivity index (χ2v) is 9.15. The third kappa shape index (κ3) is 3.98. The van der Waals surface area contributed by atoms with Gasteiger partial charge in [-0.1, -0.05) is 53.6 Å². The molecule has 0 saturated heterocycles. The highest BCUT2D eigenvalue weighted by Crippen LogP contribution is 2.43. The Hall–Kier alpha value is -2.69. The molecular formula is C23H15Cl2N3OS2. The van der Waals surface area contributed by atoms with Crippen molar-refractivity contribution in [3.63, 3.8) is 0 Å². The maximum atomic E-state index is 13.6. The van der Waals surface area contributed by atoms with Crippen molar-refractivity contribution < 1.29 is 4.79 Å². The summed E-state index contributed by atoms with van der Waals surface area (Å²) >= 11 is 19.3. The van der Waals surface area contributed by atoms with Crippen LogP contribution < -0.4 is 10.6 Å². The van der Waals surface area contributed by atoms with Gasteiger partial charge in [0, 0.05) is 21.7 Å². The second-order valence-electron chi connectivity index (χ2n) is 6.91. The van der Waals surface area contributed by atoms with Crippen molar-refractivity contribution in [2.75, 3.05) is 4.90 Å². The molecule has 0 amide bonds. The molecule has 2 heterocycles. The largest absolute Gasteiger partial charge is 0.384 e. The molecule has 1 aliphatic rings. The molecule has 0 spiro atoms. The number of thiocarbonyl (C=S) groups is 1. The normalized spacial score (nSPS) is 18.7. The lowest BCUT2D eigenvalue weighted by atomic mass is 9.75. The van der Waals surface area contributed by atoms with Crippen LogP contribution in [0.25, 0.3) is 0 Å². The first kappa shape index (κ1) is 21.5. The van der Waals surface area contributed by atoms with Crippen molar-refractivity contribution in [2.24, 2.45) is 11.7 Å². The van der Waals surface area contributed by atoms with Gasteiger partial charge in [0.2, 0.25) is 0 Å². The summed E-state index contributed by atoms with van der Waals surface area (Å²) in [6.45, 7) is 0. The lowest BCUT2D eigenvalue weighted by Crippen LogP contribution is -2.48. The minimum absolute atomic E-state index is 0.154. The first-order valence-corrected chi connectivity index (χ1v) is 11.3. The van der Waals surface area contributed by atoms with E-state index in [2.05, 4.69) is 6.07 Å². The highest BCUT2D eigenvalue weighted by molar-refractivity contribution is 7.80. The van der Waals surface area contributed by atoms with Crippen LogP contribution in [-0.4, -0.2) is 10.8 Å². The Kier molecular flexibility index (Phi) is 6.12. The molecule has 2 aromatic carbocycles. The zero-order chi connectivity index (χ0) is 22.1. The van der Waals surface area contributed by atoms with Gasteiger partial charge in [-0.05, 0) is 53.4 Å². The van der Waals surface area contributed by atoms with Gasteiger partial charge in [0.1, 0.15) is 10.8 Å². The van der Waals surface area contributed by atoms with Crippen molar-refractivity contribution in [3.8, 4) is 6.07 Å². The molecule has 8 heteroatoms. The molecule has 3 aromatic rings.